The predicted molar refractivity (Wildman–Crippen MR) is 221 cm³/mol. The summed E-state index contributed by atoms with van der Waals surface area (Å²) in [4.78, 5) is 23.1. The van der Waals surface area contributed by atoms with E-state index in [1.807, 2.05) is 44.2 Å². The Balaban J connectivity index is 0.000000364. The number of nitrogens with one attached hydrogen (secondary N) is 2. The highest BCUT2D eigenvalue weighted by Gasteiger charge is 2.53. The van der Waals surface area contributed by atoms with Crippen molar-refractivity contribution in [2.24, 2.45) is 11.7 Å². The Morgan fingerprint density at radius 3 is 1.83 bits per heavy atom. The molecule has 1 unspecified atom stereocenters. The smallest absolute Gasteiger partial charge is 0.326 e. The van der Waals surface area contributed by atoms with E-state index >= 15 is 0 Å². The number of nitrogens with two attached hydrogens (primary N) is 1. The molecule has 0 spiro atoms. The van der Waals surface area contributed by atoms with Crippen LogP contribution in [0.2, 0.25) is 0 Å². The number of aliphatic hydroxyl groups excluding tert-OH is 14. The van der Waals surface area contributed by atoms with Crippen molar-refractivity contribution in [3.05, 3.63) is 47.5 Å². The third-order valence-electron chi connectivity index (χ3n) is 11.8. The minimum atomic E-state index is -1.93. The SMILES string of the molecule is CC(C)CC(NC(=O)[C@@H](O)[C@H](N)Cc1ccccc1)C(=O)O.C[C@H]1O[C@H](O[C@H]2[C@H](O)[C@@H](O)[C@@H](O[C@H]3[C@H](O)[C@@H](O)[C@H](O)O[C@@H]3CO)O[C@@H]2CO)[C@H](O)[C@@H](O)[C@@H]1N[C@H]1C=C(CO)[C@@H](O)[C@H](O)[C@H]1O. The van der Waals surface area contributed by atoms with Crippen LogP contribution in [0.25, 0.3) is 0 Å². The van der Waals surface area contributed by atoms with Crippen LogP contribution in [0.15, 0.2) is 42.0 Å². The number of benzene rings is 1. The van der Waals surface area contributed by atoms with Crippen LogP contribution in [0.3, 0.4) is 0 Å². The van der Waals surface area contributed by atoms with Gasteiger partial charge in [0.2, 0.25) is 0 Å². The van der Waals surface area contributed by atoms with Gasteiger partial charge in [-0.15, -0.1) is 0 Å². The highest BCUT2D eigenvalue weighted by Crippen LogP contribution is 2.33. The monoisotopic (exact) mass is 953 g/mol. The predicted octanol–water partition coefficient (Wildman–Crippen LogP) is -8.03. The Bertz CT molecular complexity index is 1680. The number of hydrogen-bond acceptors (Lipinski definition) is 23. The standard InChI is InChI=1S/C25H43NO18.C16H24N2O4/c1-6-11(26-8-2-7(3-27)12(30)15(33)13(8)31)14(32)19(37)24(40-6)43-22-10(5-29)42-25(20(38)17(22)35)44-21-9(4-28)41-23(39)18(36)16(21)34;1-10(2)8-13(16(21)22)18-15(20)14(19)12(17)9-11-6-4-3-5-7-11/h2,6,8-39H,3-5H2,1H3;3-7,10,12-14,19H,8-9,17H2,1-2H3,(H,18,20)(H,21,22)/t6-,8+,9-,10-,11-,12-,13+,14+,15+,16-,17-,18-,19-,20-,21-,22-,23-,24-,25-;12-,13?,14+/m11/s1. The first-order chi connectivity index (χ1) is 31.1. The van der Waals surface area contributed by atoms with Crippen molar-refractivity contribution in [2.75, 3.05) is 19.8 Å². The Morgan fingerprint density at radius 2 is 1.29 bits per heavy atom. The van der Waals surface area contributed by atoms with Gasteiger partial charge in [-0.2, -0.15) is 0 Å². The number of carboxylic acid groups (broad SMARTS) is 1. The van der Waals surface area contributed by atoms with Gasteiger partial charge >= 0.3 is 5.97 Å². The van der Waals surface area contributed by atoms with Crippen LogP contribution in [-0.2, 0) is 39.7 Å². The van der Waals surface area contributed by atoms with Gasteiger partial charge in [0.1, 0.15) is 91.5 Å². The number of rotatable bonds is 17. The van der Waals surface area contributed by atoms with E-state index in [2.05, 4.69) is 10.6 Å². The lowest BCUT2D eigenvalue weighted by molar-refractivity contribution is -0.373. The summed E-state index contributed by atoms with van der Waals surface area (Å²) in [7, 11) is 0. The van der Waals surface area contributed by atoms with E-state index in [9.17, 15) is 81.1 Å². The molecule has 0 radical (unpaired) electrons. The van der Waals surface area contributed by atoms with Gasteiger partial charge in [0.15, 0.2) is 18.9 Å². The number of carbonyl (C=O) groups is 2. The van der Waals surface area contributed by atoms with Crippen LogP contribution >= 0.6 is 0 Å². The maximum atomic E-state index is 12.0. The molecule has 19 N–H and O–H groups in total. The van der Waals surface area contributed by atoms with Crippen molar-refractivity contribution in [1.29, 1.82) is 0 Å². The molecule has 4 aliphatic rings. The molecule has 0 bridgehead atoms. The number of ether oxygens (including phenoxy) is 5. The molecule has 66 heavy (non-hydrogen) atoms. The summed E-state index contributed by atoms with van der Waals surface area (Å²) in [5.41, 5.74) is 6.77. The fourth-order valence-electron chi connectivity index (χ4n) is 7.96. The molecule has 22 atom stereocenters. The van der Waals surface area contributed by atoms with Crippen LogP contribution in [0.1, 0.15) is 32.8 Å². The van der Waals surface area contributed by atoms with Gasteiger partial charge in [-0.25, -0.2) is 4.79 Å². The molecule has 0 saturated carbocycles. The molecule has 1 amide bonds. The van der Waals surface area contributed by atoms with Crippen LogP contribution in [0.5, 0.6) is 0 Å². The zero-order valence-electron chi connectivity index (χ0n) is 36.4. The maximum Gasteiger partial charge on any atom is 0.326 e. The summed E-state index contributed by atoms with van der Waals surface area (Å²) >= 11 is 0. The first-order valence-corrected chi connectivity index (χ1v) is 21.4. The topological polar surface area (TPSA) is 434 Å². The lowest BCUT2D eigenvalue weighted by Gasteiger charge is -2.48. The van der Waals surface area contributed by atoms with Gasteiger partial charge in [-0.05, 0) is 36.8 Å². The van der Waals surface area contributed by atoms with Gasteiger partial charge < -0.3 is 117 Å². The van der Waals surface area contributed by atoms with Gasteiger partial charge in [0, 0.05) is 6.04 Å². The van der Waals surface area contributed by atoms with Crippen LogP contribution in [-0.4, -0.2) is 243 Å². The Morgan fingerprint density at radius 1 is 0.742 bits per heavy atom. The first-order valence-electron chi connectivity index (χ1n) is 21.4. The summed E-state index contributed by atoms with van der Waals surface area (Å²) in [5, 5.41) is 157. The highest BCUT2D eigenvalue weighted by molar-refractivity contribution is 5.86. The molecule has 3 saturated heterocycles. The van der Waals surface area contributed by atoms with E-state index in [4.69, 9.17) is 34.5 Å². The molecule has 25 nitrogen and oxygen atoms in total. The summed E-state index contributed by atoms with van der Waals surface area (Å²) in [6.07, 6.45) is -27.4. The fourth-order valence-corrected chi connectivity index (χ4v) is 7.96. The van der Waals surface area contributed by atoms with E-state index in [1.165, 1.54) is 13.0 Å². The second-order valence-corrected chi connectivity index (χ2v) is 17.2. The molecule has 378 valence electrons. The molecular weight excluding hydrogens is 886 g/mol. The number of aliphatic carboxylic acids is 1. The lowest BCUT2D eigenvalue weighted by atomic mass is 9.86. The quantitative estimate of drug-likeness (QED) is 0.0645. The molecule has 3 aliphatic heterocycles. The minimum Gasteiger partial charge on any atom is -0.480 e. The van der Waals surface area contributed by atoms with Gasteiger partial charge in [-0.1, -0.05) is 50.3 Å². The number of carbonyl (C=O) groups excluding carboxylic acids is 1. The average molecular weight is 954 g/mol. The largest absolute Gasteiger partial charge is 0.480 e. The number of hydrogen-bond donors (Lipinski definition) is 18. The zero-order valence-corrected chi connectivity index (χ0v) is 36.4. The third kappa shape index (κ3) is 13.6. The molecule has 1 aromatic carbocycles. The summed E-state index contributed by atoms with van der Waals surface area (Å²) < 4.78 is 27.4. The van der Waals surface area contributed by atoms with Gasteiger partial charge in [0.25, 0.3) is 5.91 Å². The number of carboxylic acids is 1. The fraction of sp³-hybridized carbons (Fsp3) is 0.756. The van der Waals surface area contributed by atoms with Crippen molar-refractivity contribution in [2.45, 2.75) is 168 Å². The lowest BCUT2D eigenvalue weighted by Crippen LogP contribution is -2.68. The van der Waals surface area contributed by atoms with Crippen molar-refractivity contribution in [3.8, 4) is 0 Å². The van der Waals surface area contributed by atoms with Crippen molar-refractivity contribution in [3.63, 3.8) is 0 Å². The van der Waals surface area contributed by atoms with Crippen molar-refractivity contribution in [1.82, 2.24) is 10.6 Å². The van der Waals surface area contributed by atoms with E-state index in [1.54, 1.807) is 0 Å². The second kappa shape index (κ2) is 25.1. The third-order valence-corrected chi connectivity index (χ3v) is 11.8. The first kappa shape index (κ1) is 55.7. The van der Waals surface area contributed by atoms with Crippen LogP contribution < -0.4 is 16.4 Å². The average Bonchev–Trinajstić information content (AvgIpc) is 3.28. The highest BCUT2D eigenvalue weighted by atomic mass is 16.7. The Kier molecular flexibility index (Phi) is 21.1. The molecule has 0 aromatic heterocycles. The molecule has 1 aromatic rings. The van der Waals surface area contributed by atoms with Crippen LogP contribution in [0.4, 0.5) is 0 Å². The summed E-state index contributed by atoms with van der Waals surface area (Å²) in [6, 6.07) is 5.27. The summed E-state index contributed by atoms with van der Waals surface area (Å²) in [6.45, 7) is 2.97. The normalized spacial score (nSPS) is 39.7. The van der Waals surface area contributed by atoms with Gasteiger partial charge in [-0.3, -0.25) is 4.79 Å². The maximum absolute atomic E-state index is 12.0. The second-order valence-electron chi connectivity index (χ2n) is 17.2. The molecule has 1 aliphatic carbocycles. The number of aliphatic hydroxyl groups is 14. The zero-order chi connectivity index (χ0) is 49.3. The molecule has 5 rings (SSSR count). The Labute approximate surface area is 379 Å². The van der Waals surface area contributed by atoms with E-state index < -0.39 is 166 Å². The van der Waals surface area contributed by atoms with Crippen molar-refractivity contribution < 1.29 is 110 Å². The Hall–Kier alpha value is -2.94. The van der Waals surface area contributed by atoms with Gasteiger partial charge in [0.05, 0.1) is 38.0 Å². The molecule has 3 heterocycles. The van der Waals surface area contributed by atoms with E-state index in [0.717, 1.165) is 5.56 Å². The number of amides is 1. The minimum absolute atomic E-state index is 0.0225. The molecule has 3 fully saturated rings. The summed E-state index contributed by atoms with van der Waals surface area (Å²) in [5.74, 6) is -1.76. The van der Waals surface area contributed by atoms with Crippen molar-refractivity contribution >= 4 is 11.9 Å². The van der Waals surface area contributed by atoms with Crippen LogP contribution in [0, 0.1) is 5.92 Å². The van der Waals surface area contributed by atoms with E-state index in [-0.39, 0.29) is 11.5 Å². The molecular formula is C41H67N3O22. The van der Waals surface area contributed by atoms with E-state index in [0.29, 0.717) is 12.8 Å². The molecule has 25 heteroatoms.